The molecule has 2 aliphatic rings. The predicted molar refractivity (Wildman–Crippen MR) is 132 cm³/mol. The second kappa shape index (κ2) is 8.73. The standard InChI is InChI=1S/C24H18ClN5O2S/c1-15-4-2-6-19(12-15)32-14-21-28-30-22(26)20(23(31)27-24(30)33-21)13-18-5-3-11-29(18)17-9-7-16(25)8-10-17/h2-13,26H,14H2,1H3/b20-13+,26-22?. The number of amidine groups is 2. The number of nitrogens with zero attached hydrogens (tertiary/aromatic N) is 4. The fourth-order valence-corrected chi connectivity index (χ4v) is 4.36. The lowest BCUT2D eigenvalue weighted by atomic mass is 10.1. The number of aromatic nitrogens is 1. The van der Waals surface area contributed by atoms with Gasteiger partial charge in [-0.15, -0.1) is 0 Å². The summed E-state index contributed by atoms with van der Waals surface area (Å²) in [7, 11) is 0. The SMILES string of the molecule is Cc1cccc(OCC2=NN3C(=N)/C(=C\c4cccn4-c4ccc(Cl)cc4)C(=O)N=C3S2)c1. The highest BCUT2D eigenvalue weighted by Gasteiger charge is 2.36. The van der Waals surface area contributed by atoms with Crippen molar-refractivity contribution >= 4 is 51.4 Å². The molecule has 0 saturated carbocycles. The molecule has 0 radical (unpaired) electrons. The van der Waals surface area contributed by atoms with Gasteiger partial charge in [-0.05, 0) is 78.9 Å². The van der Waals surface area contributed by atoms with Gasteiger partial charge in [-0.1, -0.05) is 23.7 Å². The molecular formula is C24H18ClN5O2S. The molecule has 164 valence electrons. The van der Waals surface area contributed by atoms with Crippen LogP contribution in [0.25, 0.3) is 11.8 Å². The lowest BCUT2D eigenvalue weighted by Crippen LogP contribution is -2.35. The Morgan fingerprint density at radius 1 is 1.15 bits per heavy atom. The topological polar surface area (TPSA) is 83.0 Å². The van der Waals surface area contributed by atoms with E-state index in [1.165, 1.54) is 16.8 Å². The van der Waals surface area contributed by atoms with Crippen molar-refractivity contribution in [2.45, 2.75) is 6.92 Å². The van der Waals surface area contributed by atoms with E-state index in [9.17, 15) is 4.79 Å². The number of fused-ring (bicyclic) bond motifs is 1. The maximum Gasteiger partial charge on any atom is 0.283 e. The summed E-state index contributed by atoms with van der Waals surface area (Å²) in [4.78, 5) is 16.9. The summed E-state index contributed by atoms with van der Waals surface area (Å²) in [5, 5.41) is 16.0. The van der Waals surface area contributed by atoms with Gasteiger partial charge in [0.25, 0.3) is 5.91 Å². The van der Waals surface area contributed by atoms with Gasteiger partial charge in [0.15, 0.2) is 5.84 Å². The lowest BCUT2D eigenvalue weighted by molar-refractivity contribution is -0.114. The zero-order valence-corrected chi connectivity index (χ0v) is 19.1. The van der Waals surface area contributed by atoms with Gasteiger partial charge in [0.1, 0.15) is 17.4 Å². The van der Waals surface area contributed by atoms with E-state index >= 15 is 0 Å². The van der Waals surface area contributed by atoms with Crippen LogP contribution in [-0.4, -0.2) is 38.1 Å². The number of benzene rings is 2. The van der Waals surface area contributed by atoms with Crippen molar-refractivity contribution in [1.82, 2.24) is 9.58 Å². The van der Waals surface area contributed by atoms with Crippen molar-refractivity contribution in [3.63, 3.8) is 0 Å². The summed E-state index contributed by atoms with van der Waals surface area (Å²) >= 11 is 7.23. The number of amides is 1. The molecule has 2 aromatic carbocycles. The average molecular weight is 476 g/mol. The molecule has 7 nitrogen and oxygen atoms in total. The molecule has 0 bridgehead atoms. The predicted octanol–water partition coefficient (Wildman–Crippen LogP) is 5.14. The highest BCUT2D eigenvalue weighted by atomic mass is 35.5. The first kappa shape index (κ1) is 21.2. The summed E-state index contributed by atoms with van der Waals surface area (Å²) in [5.74, 6) is 0.241. The lowest BCUT2D eigenvalue weighted by Gasteiger charge is -2.20. The van der Waals surface area contributed by atoms with E-state index in [2.05, 4.69) is 10.1 Å². The van der Waals surface area contributed by atoms with Crippen LogP contribution in [0.5, 0.6) is 5.75 Å². The van der Waals surface area contributed by atoms with E-state index in [1.807, 2.05) is 66.2 Å². The molecule has 0 spiro atoms. The van der Waals surface area contributed by atoms with Crippen molar-refractivity contribution in [3.05, 3.63) is 88.7 Å². The molecule has 3 heterocycles. The number of carbonyl (C=O) groups excluding carboxylic acids is 1. The molecule has 33 heavy (non-hydrogen) atoms. The number of aryl methyl sites for hydroxylation is 1. The fourth-order valence-electron chi connectivity index (χ4n) is 3.44. The first-order valence-electron chi connectivity index (χ1n) is 10.1. The van der Waals surface area contributed by atoms with Gasteiger partial charge in [0, 0.05) is 22.6 Å². The Hall–Kier alpha value is -3.62. The molecule has 1 amide bonds. The van der Waals surface area contributed by atoms with Crippen LogP contribution in [0, 0.1) is 12.3 Å². The Bertz CT molecular complexity index is 1360. The summed E-state index contributed by atoms with van der Waals surface area (Å²) < 4.78 is 7.72. The molecule has 0 atom stereocenters. The van der Waals surface area contributed by atoms with Crippen LogP contribution in [0.4, 0.5) is 0 Å². The van der Waals surface area contributed by atoms with Gasteiger partial charge >= 0.3 is 0 Å². The van der Waals surface area contributed by atoms with E-state index in [1.54, 1.807) is 18.2 Å². The molecule has 1 N–H and O–H groups in total. The second-order valence-electron chi connectivity index (χ2n) is 7.40. The van der Waals surface area contributed by atoms with Gasteiger partial charge < -0.3 is 9.30 Å². The molecule has 0 saturated heterocycles. The van der Waals surface area contributed by atoms with Crippen LogP contribution in [0.3, 0.4) is 0 Å². The van der Waals surface area contributed by atoms with Crippen molar-refractivity contribution in [1.29, 1.82) is 5.41 Å². The van der Waals surface area contributed by atoms with Crippen LogP contribution in [0.15, 0.2) is 82.5 Å². The number of thioether (sulfide) groups is 1. The van der Waals surface area contributed by atoms with E-state index in [0.29, 0.717) is 15.2 Å². The maximum absolute atomic E-state index is 12.7. The van der Waals surface area contributed by atoms with Crippen LogP contribution in [0.2, 0.25) is 5.02 Å². The third kappa shape index (κ3) is 4.35. The minimum absolute atomic E-state index is 0.0214. The smallest absolute Gasteiger partial charge is 0.283 e. The van der Waals surface area contributed by atoms with Crippen LogP contribution in [-0.2, 0) is 4.79 Å². The van der Waals surface area contributed by atoms with Gasteiger partial charge in [0.05, 0.1) is 5.57 Å². The maximum atomic E-state index is 12.7. The van der Waals surface area contributed by atoms with Gasteiger partial charge in [-0.25, -0.2) is 0 Å². The second-order valence-corrected chi connectivity index (χ2v) is 8.88. The number of carbonyl (C=O) groups is 1. The van der Waals surface area contributed by atoms with Crippen molar-refractivity contribution in [3.8, 4) is 11.4 Å². The van der Waals surface area contributed by atoms with Crippen molar-refractivity contribution < 1.29 is 9.53 Å². The first-order valence-corrected chi connectivity index (χ1v) is 11.3. The van der Waals surface area contributed by atoms with Crippen molar-refractivity contribution in [2.75, 3.05) is 6.61 Å². The minimum Gasteiger partial charge on any atom is -0.487 e. The van der Waals surface area contributed by atoms with E-state index < -0.39 is 5.91 Å². The Labute approximate surface area is 199 Å². The van der Waals surface area contributed by atoms with Gasteiger partial charge in [0.2, 0.25) is 5.17 Å². The number of rotatable bonds is 5. The normalized spacial score (nSPS) is 16.7. The molecule has 9 heteroatoms. The Morgan fingerprint density at radius 2 is 1.97 bits per heavy atom. The third-order valence-electron chi connectivity index (χ3n) is 5.03. The van der Waals surface area contributed by atoms with Crippen LogP contribution >= 0.6 is 23.4 Å². The largest absolute Gasteiger partial charge is 0.487 e. The van der Waals surface area contributed by atoms with Gasteiger partial charge in [-0.3, -0.25) is 10.2 Å². The minimum atomic E-state index is -0.473. The summed E-state index contributed by atoms with van der Waals surface area (Å²) in [6.07, 6.45) is 3.53. The van der Waals surface area contributed by atoms with Gasteiger partial charge in [-0.2, -0.15) is 15.1 Å². The summed E-state index contributed by atoms with van der Waals surface area (Å²) in [5.41, 5.74) is 2.89. The van der Waals surface area contributed by atoms with E-state index in [0.717, 1.165) is 22.7 Å². The Kier molecular flexibility index (Phi) is 5.62. The molecule has 1 aromatic heterocycles. The van der Waals surface area contributed by atoms with Crippen molar-refractivity contribution in [2.24, 2.45) is 10.1 Å². The zero-order chi connectivity index (χ0) is 22.9. The number of hydrogen-bond acceptors (Lipinski definition) is 5. The number of hydrazone groups is 1. The number of ether oxygens (including phenoxy) is 1. The summed E-state index contributed by atoms with van der Waals surface area (Å²) in [6, 6.07) is 18.8. The molecule has 5 rings (SSSR count). The molecule has 0 fully saturated rings. The third-order valence-corrected chi connectivity index (χ3v) is 6.16. The van der Waals surface area contributed by atoms with E-state index in [4.69, 9.17) is 21.7 Å². The fraction of sp³-hybridized carbons (Fsp3) is 0.0833. The molecule has 0 unspecified atom stereocenters. The number of nitrogens with one attached hydrogen (secondary N) is 1. The number of aliphatic imine (C=N–C) groups is 1. The number of hydrogen-bond donors (Lipinski definition) is 1. The molecule has 3 aromatic rings. The summed E-state index contributed by atoms with van der Waals surface area (Å²) in [6.45, 7) is 2.22. The first-order chi connectivity index (χ1) is 16.0. The highest BCUT2D eigenvalue weighted by molar-refractivity contribution is 8.27. The monoisotopic (exact) mass is 475 g/mol. The average Bonchev–Trinajstić information content (AvgIpc) is 3.43. The quantitative estimate of drug-likeness (QED) is 0.518. The molecular weight excluding hydrogens is 458 g/mol. The Morgan fingerprint density at radius 3 is 2.76 bits per heavy atom. The highest BCUT2D eigenvalue weighted by Crippen LogP contribution is 2.29. The molecule has 2 aliphatic heterocycles. The molecule has 0 aliphatic carbocycles. The number of halogens is 1. The Balaban J connectivity index is 1.38. The van der Waals surface area contributed by atoms with E-state index in [-0.39, 0.29) is 18.0 Å². The van der Waals surface area contributed by atoms with Crippen LogP contribution < -0.4 is 4.74 Å². The van der Waals surface area contributed by atoms with Crippen LogP contribution in [0.1, 0.15) is 11.3 Å². The zero-order valence-electron chi connectivity index (χ0n) is 17.5.